The normalized spacial score (nSPS) is 11.2. The highest BCUT2D eigenvalue weighted by molar-refractivity contribution is 5.78. The molecule has 0 radical (unpaired) electrons. The quantitative estimate of drug-likeness (QED) is 0.490. The van der Waals surface area contributed by atoms with E-state index in [0.29, 0.717) is 13.2 Å². The third-order valence-electron chi connectivity index (χ3n) is 5.27. The number of rotatable bonds is 10. The molecule has 0 bridgehead atoms. The molecule has 0 fully saturated rings. The van der Waals surface area contributed by atoms with Crippen molar-refractivity contribution in [1.82, 2.24) is 14.9 Å². The molecule has 5 nitrogen and oxygen atoms in total. The molecule has 1 amide bonds. The highest BCUT2D eigenvalue weighted by atomic mass is 16.5. The maximum absolute atomic E-state index is 11.8. The van der Waals surface area contributed by atoms with E-state index in [9.17, 15) is 4.79 Å². The summed E-state index contributed by atoms with van der Waals surface area (Å²) in [6.45, 7) is 10.2. The number of nitrogens with zero attached hydrogens (tertiary/aromatic N) is 2. The van der Waals surface area contributed by atoms with Crippen LogP contribution >= 0.6 is 0 Å². The molecule has 3 aromatic rings. The van der Waals surface area contributed by atoms with Gasteiger partial charge in [-0.1, -0.05) is 43.7 Å². The topological polar surface area (TPSA) is 56.1 Å². The minimum atomic E-state index is 0.000911. The number of aryl methyl sites for hydroxylation is 3. The van der Waals surface area contributed by atoms with Gasteiger partial charge in [-0.2, -0.15) is 0 Å². The number of unbranched alkanes of at least 4 members (excludes halogenated alkanes) is 1. The number of para-hydroxylation sites is 2. The molecule has 0 saturated heterocycles. The minimum Gasteiger partial charge on any atom is -0.493 e. The lowest BCUT2D eigenvalue weighted by Gasteiger charge is -2.12. The molecule has 1 heterocycles. The molecule has 0 aliphatic rings. The van der Waals surface area contributed by atoms with Gasteiger partial charge < -0.3 is 14.6 Å². The molecule has 1 N–H and O–H groups in total. The monoisotopic (exact) mass is 407 g/mol. The Labute approximate surface area is 179 Å². The van der Waals surface area contributed by atoms with E-state index in [1.807, 2.05) is 32.0 Å². The smallest absolute Gasteiger partial charge is 0.222 e. The van der Waals surface area contributed by atoms with Crippen LogP contribution in [0.15, 0.2) is 42.5 Å². The van der Waals surface area contributed by atoms with Crippen LogP contribution in [0.1, 0.15) is 43.6 Å². The summed E-state index contributed by atoms with van der Waals surface area (Å²) >= 11 is 0. The van der Waals surface area contributed by atoms with E-state index < -0.39 is 0 Å². The zero-order valence-electron chi connectivity index (χ0n) is 18.6. The molecular formula is C25H33N3O2. The van der Waals surface area contributed by atoms with Crippen molar-refractivity contribution in [3.8, 4) is 5.75 Å². The number of hydrogen-bond donors (Lipinski definition) is 1. The molecule has 0 atom stereocenters. The third kappa shape index (κ3) is 5.62. The Morgan fingerprint density at radius 1 is 1.13 bits per heavy atom. The lowest BCUT2D eigenvalue weighted by Crippen LogP contribution is -2.30. The number of benzene rings is 2. The second-order valence-corrected chi connectivity index (χ2v) is 8.19. The summed E-state index contributed by atoms with van der Waals surface area (Å²) in [5.74, 6) is 2.08. The van der Waals surface area contributed by atoms with Crippen molar-refractivity contribution >= 4 is 16.9 Å². The number of carbonyl (C=O) groups excluding carboxylic acids is 1. The fraction of sp³-hybridized carbons (Fsp3) is 0.440. The van der Waals surface area contributed by atoms with Gasteiger partial charge in [-0.15, -0.1) is 0 Å². The number of carbonyl (C=O) groups is 1. The summed E-state index contributed by atoms with van der Waals surface area (Å²) in [6, 6.07) is 14.5. The van der Waals surface area contributed by atoms with Crippen molar-refractivity contribution in [3.05, 3.63) is 59.4 Å². The second-order valence-electron chi connectivity index (χ2n) is 8.19. The van der Waals surface area contributed by atoms with Gasteiger partial charge in [0.25, 0.3) is 0 Å². The molecule has 160 valence electrons. The van der Waals surface area contributed by atoms with E-state index in [2.05, 4.69) is 48.0 Å². The summed E-state index contributed by atoms with van der Waals surface area (Å²) in [5.41, 5.74) is 4.59. The van der Waals surface area contributed by atoms with Crippen LogP contribution in [0.5, 0.6) is 5.75 Å². The van der Waals surface area contributed by atoms with Gasteiger partial charge in [-0.05, 0) is 50.5 Å². The van der Waals surface area contributed by atoms with Crippen LogP contribution in [0.4, 0.5) is 0 Å². The number of fused-ring (bicyclic) bond motifs is 1. The Hall–Kier alpha value is -2.82. The zero-order chi connectivity index (χ0) is 21.5. The molecule has 2 aromatic carbocycles. The molecule has 5 heteroatoms. The van der Waals surface area contributed by atoms with Crippen LogP contribution in [-0.2, 0) is 17.8 Å². The van der Waals surface area contributed by atoms with Gasteiger partial charge in [0.2, 0.25) is 5.91 Å². The fourth-order valence-corrected chi connectivity index (χ4v) is 3.58. The molecule has 0 spiro atoms. The highest BCUT2D eigenvalue weighted by Gasteiger charge is 2.12. The molecule has 30 heavy (non-hydrogen) atoms. The van der Waals surface area contributed by atoms with E-state index in [4.69, 9.17) is 9.72 Å². The Morgan fingerprint density at radius 2 is 1.93 bits per heavy atom. The van der Waals surface area contributed by atoms with Crippen LogP contribution in [-0.4, -0.2) is 28.6 Å². The number of aromatic nitrogens is 2. The van der Waals surface area contributed by atoms with E-state index in [0.717, 1.165) is 48.4 Å². The average Bonchev–Trinajstić information content (AvgIpc) is 3.06. The zero-order valence-corrected chi connectivity index (χ0v) is 18.6. The molecule has 0 unspecified atom stereocenters. The van der Waals surface area contributed by atoms with Crippen molar-refractivity contribution in [3.63, 3.8) is 0 Å². The van der Waals surface area contributed by atoms with Gasteiger partial charge in [0, 0.05) is 25.4 Å². The van der Waals surface area contributed by atoms with Crippen molar-refractivity contribution in [2.45, 2.75) is 53.5 Å². The van der Waals surface area contributed by atoms with E-state index in [1.54, 1.807) is 0 Å². The highest BCUT2D eigenvalue weighted by Crippen LogP contribution is 2.20. The summed E-state index contributed by atoms with van der Waals surface area (Å²) < 4.78 is 8.26. The van der Waals surface area contributed by atoms with Crippen molar-refractivity contribution < 1.29 is 9.53 Å². The number of amides is 1. The van der Waals surface area contributed by atoms with Gasteiger partial charge >= 0.3 is 0 Å². The van der Waals surface area contributed by atoms with Gasteiger partial charge in [0.1, 0.15) is 11.6 Å². The standard InChI is InChI=1S/C25H33N3O2/c1-18(2)25(29)26-14-13-24-27-21-9-5-6-10-22(21)28(24)15-7-8-16-30-23-12-11-19(3)17-20(23)4/h5-6,9-12,17-18H,7-8,13-16H2,1-4H3,(H,26,29). The predicted octanol–water partition coefficient (Wildman–Crippen LogP) is 4.83. The minimum absolute atomic E-state index is 0.000911. The first-order valence-corrected chi connectivity index (χ1v) is 10.9. The maximum Gasteiger partial charge on any atom is 0.222 e. The molecule has 0 aliphatic heterocycles. The molecule has 0 aliphatic carbocycles. The third-order valence-corrected chi connectivity index (χ3v) is 5.27. The largest absolute Gasteiger partial charge is 0.493 e. The molecule has 1 aromatic heterocycles. The van der Waals surface area contributed by atoms with Crippen molar-refractivity contribution in [2.24, 2.45) is 5.92 Å². The van der Waals surface area contributed by atoms with Crippen LogP contribution in [0.2, 0.25) is 0 Å². The van der Waals surface area contributed by atoms with Crippen LogP contribution < -0.4 is 10.1 Å². The number of nitrogens with one attached hydrogen (secondary N) is 1. The maximum atomic E-state index is 11.8. The Balaban J connectivity index is 1.56. The predicted molar refractivity (Wildman–Crippen MR) is 122 cm³/mol. The number of hydrogen-bond acceptors (Lipinski definition) is 3. The summed E-state index contributed by atoms with van der Waals surface area (Å²) in [6.07, 6.45) is 2.71. The first kappa shape index (κ1) is 21.9. The fourth-order valence-electron chi connectivity index (χ4n) is 3.58. The summed E-state index contributed by atoms with van der Waals surface area (Å²) in [5, 5.41) is 2.99. The van der Waals surface area contributed by atoms with Gasteiger partial charge in [-0.3, -0.25) is 4.79 Å². The average molecular weight is 408 g/mol. The summed E-state index contributed by atoms with van der Waals surface area (Å²) in [4.78, 5) is 16.6. The Morgan fingerprint density at radius 3 is 2.70 bits per heavy atom. The second kappa shape index (κ2) is 10.3. The first-order valence-electron chi connectivity index (χ1n) is 10.9. The lowest BCUT2D eigenvalue weighted by molar-refractivity contribution is -0.123. The van der Waals surface area contributed by atoms with Crippen LogP contribution in [0.25, 0.3) is 11.0 Å². The molecule has 0 saturated carbocycles. The van der Waals surface area contributed by atoms with Gasteiger partial charge in [0.05, 0.1) is 17.6 Å². The van der Waals surface area contributed by atoms with Crippen LogP contribution in [0.3, 0.4) is 0 Å². The van der Waals surface area contributed by atoms with Crippen molar-refractivity contribution in [2.75, 3.05) is 13.2 Å². The lowest BCUT2D eigenvalue weighted by atomic mass is 10.1. The van der Waals surface area contributed by atoms with Gasteiger partial charge in [-0.25, -0.2) is 4.98 Å². The molecular weight excluding hydrogens is 374 g/mol. The molecule has 3 rings (SSSR count). The van der Waals surface area contributed by atoms with Gasteiger partial charge in [0.15, 0.2) is 0 Å². The van der Waals surface area contributed by atoms with Crippen molar-refractivity contribution in [1.29, 1.82) is 0 Å². The summed E-state index contributed by atoms with van der Waals surface area (Å²) in [7, 11) is 0. The van der Waals surface area contributed by atoms with E-state index >= 15 is 0 Å². The van der Waals surface area contributed by atoms with E-state index in [-0.39, 0.29) is 11.8 Å². The Bertz CT molecular complexity index is 991. The first-order chi connectivity index (χ1) is 14.5. The SMILES string of the molecule is Cc1ccc(OCCCCn2c(CCNC(=O)C(C)C)nc3ccccc32)c(C)c1. The number of ether oxygens (including phenoxy) is 1. The van der Waals surface area contributed by atoms with Crippen LogP contribution in [0, 0.1) is 19.8 Å². The Kier molecular flexibility index (Phi) is 7.50. The number of imidazole rings is 1. The van der Waals surface area contributed by atoms with E-state index in [1.165, 1.54) is 11.1 Å².